The van der Waals surface area contributed by atoms with Crippen LogP contribution in [0.1, 0.15) is 0 Å². The van der Waals surface area contributed by atoms with E-state index in [2.05, 4.69) is 10.1 Å². The van der Waals surface area contributed by atoms with E-state index in [-0.39, 0.29) is 11.6 Å². The summed E-state index contributed by atoms with van der Waals surface area (Å²) in [7, 11) is 1.65. The topological polar surface area (TPSA) is 74.3 Å². The monoisotopic (exact) mass is 210 g/mol. The highest BCUT2D eigenvalue weighted by Gasteiger charge is 2.14. The second-order valence-corrected chi connectivity index (χ2v) is 3.30. The molecule has 5 nitrogen and oxygen atoms in total. The van der Waals surface area contributed by atoms with Crippen molar-refractivity contribution in [1.82, 2.24) is 9.55 Å². The molecule has 0 radical (unpaired) electrons. The van der Waals surface area contributed by atoms with Gasteiger partial charge in [-0.15, -0.1) is 0 Å². The van der Waals surface area contributed by atoms with Gasteiger partial charge in [-0.25, -0.2) is 10.5 Å². The maximum Gasteiger partial charge on any atom is 0.221 e. The first-order valence-corrected chi connectivity index (χ1v) is 4.23. The highest BCUT2D eigenvalue weighted by molar-refractivity contribution is 6.31. The summed E-state index contributed by atoms with van der Waals surface area (Å²) in [5, 5.41) is 13.8. The smallest absolute Gasteiger partial charge is 0.221 e. The van der Waals surface area contributed by atoms with Crippen molar-refractivity contribution in [3.05, 3.63) is 17.3 Å². The molecule has 0 saturated carbocycles. The first kappa shape index (κ1) is 8.96. The lowest BCUT2D eigenvalue weighted by Crippen LogP contribution is -1.87. The Hall–Kier alpha value is -1.62. The molecule has 2 aromatic heterocycles. The van der Waals surface area contributed by atoms with Gasteiger partial charge < -0.3 is 5.11 Å². The van der Waals surface area contributed by atoms with Crippen molar-refractivity contribution in [2.45, 2.75) is 0 Å². The summed E-state index contributed by atoms with van der Waals surface area (Å²) in [6, 6.07) is 1.62. The Morgan fingerprint density at radius 3 is 3.00 bits per heavy atom. The molecule has 72 valence electrons. The van der Waals surface area contributed by atoms with E-state index in [9.17, 15) is 5.11 Å². The van der Waals surface area contributed by atoms with Crippen molar-refractivity contribution >= 4 is 28.3 Å². The minimum absolute atomic E-state index is 0.0789. The van der Waals surface area contributed by atoms with Crippen LogP contribution in [0.4, 0.5) is 5.69 Å². The molecule has 0 aromatic carbocycles. The highest BCUT2D eigenvalue weighted by Crippen LogP contribution is 2.37. The average Bonchev–Trinajstić information content (AvgIpc) is 2.39. The number of nitrogens with one attached hydrogen (secondary N) is 1. The van der Waals surface area contributed by atoms with E-state index in [0.29, 0.717) is 16.1 Å². The quantitative estimate of drug-likeness (QED) is 0.710. The molecule has 2 aromatic rings. The van der Waals surface area contributed by atoms with Gasteiger partial charge in [0, 0.05) is 13.2 Å². The van der Waals surface area contributed by atoms with E-state index >= 15 is 0 Å². The number of rotatable bonds is 1. The molecule has 2 heterocycles. The van der Waals surface area contributed by atoms with E-state index < -0.39 is 0 Å². The largest absolute Gasteiger partial charge is 0.493 e. The molecular weight excluding hydrogens is 204 g/mol. The molecule has 0 unspecified atom stereocenters. The lowest BCUT2D eigenvalue weighted by molar-refractivity contribution is 0.435. The van der Waals surface area contributed by atoms with Gasteiger partial charge in [-0.3, -0.25) is 4.57 Å². The van der Waals surface area contributed by atoms with Gasteiger partial charge in [-0.2, -0.15) is 5.11 Å². The number of hydrogen-bond donors (Lipinski definition) is 2. The molecule has 0 saturated heterocycles. The van der Waals surface area contributed by atoms with E-state index in [1.807, 2.05) is 0 Å². The van der Waals surface area contributed by atoms with Gasteiger partial charge in [0.1, 0.15) is 5.65 Å². The summed E-state index contributed by atoms with van der Waals surface area (Å²) in [4.78, 5) is 4.04. The van der Waals surface area contributed by atoms with Crippen molar-refractivity contribution in [2.24, 2.45) is 12.2 Å². The third-order valence-corrected chi connectivity index (χ3v) is 2.25. The molecule has 2 N–H and O–H groups in total. The van der Waals surface area contributed by atoms with Crippen LogP contribution in [0.5, 0.6) is 5.88 Å². The molecule has 2 rings (SSSR count). The third-order valence-electron chi connectivity index (χ3n) is 2.05. The fraction of sp³-hybridized carbons (Fsp3) is 0.125. The summed E-state index contributed by atoms with van der Waals surface area (Å²) in [5.74, 6) is -0.0789. The van der Waals surface area contributed by atoms with Crippen LogP contribution in [-0.4, -0.2) is 14.7 Å². The molecule has 0 aliphatic rings. The standard InChI is InChI=1S/C8H7ClN4O/c1-13-7-5(2-4(9)3-11-7)6(12-10)8(13)14/h2-3,10,14H,1H3. The molecular formula is C8H7ClN4O. The molecule has 0 aliphatic carbocycles. The lowest BCUT2D eigenvalue weighted by Gasteiger charge is -1.94. The molecule has 0 bridgehead atoms. The lowest BCUT2D eigenvalue weighted by atomic mass is 10.3. The highest BCUT2D eigenvalue weighted by atomic mass is 35.5. The second-order valence-electron chi connectivity index (χ2n) is 2.87. The van der Waals surface area contributed by atoms with Gasteiger partial charge >= 0.3 is 0 Å². The average molecular weight is 211 g/mol. The fourth-order valence-corrected chi connectivity index (χ4v) is 1.52. The molecule has 14 heavy (non-hydrogen) atoms. The van der Waals surface area contributed by atoms with E-state index in [1.54, 1.807) is 13.1 Å². The Morgan fingerprint density at radius 1 is 1.64 bits per heavy atom. The molecule has 0 atom stereocenters. The molecule has 0 amide bonds. The van der Waals surface area contributed by atoms with E-state index in [1.165, 1.54) is 10.8 Å². The summed E-state index contributed by atoms with van der Waals surface area (Å²) in [6.07, 6.45) is 1.48. The SMILES string of the molecule is Cn1c(O)c(N=N)c2cc(Cl)cnc21. The Morgan fingerprint density at radius 2 is 2.36 bits per heavy atom. The first-order valence-electron chi connectivity index (χ1n) is 3.85. The zero-order valence-electron chi connectivity index (χ0n) is 7.32. The Labute approximate surface area is 84.5 Å². The number of halogens is 1. The molecule has 6 heteroatoms. The van der Waals surface area contributed by atoms with Crippen LogP contribution in [0, 0.1) is 5.53 Å². The van der Waals surface area contributed by atoms with Crippen LogP contribution >= 0.6 is 11.6 Å². The molecule has 0 fully saturated rings. The summed E-state index contributed by atoms with van der Waals surface area (Å²) < 4.78 is 1.46. The van der Waals surface area contributed by atoms with Crippen LogP contribution in [-0.2, 0) is 7.05 Å². The Balaban J connectivity index is 2.96. The number of aromatic nitrogens is 2. The Kier molecular flexibility index (Phi) is 1.89. The maximum atomic E-state index is 9.58. The van der Waals surface area contributed by atoms with Crippen LogP contribution in [0.15, 0.2) is 17.4 Å². The zero-order valence-corrected chi connectivity index (χ0v) is 8.08. The van der Waals surface area contributed by atoms with Gasteiger partial charge in [-0.05, 0) is 6.07 Å². The van der Waals surface area contributed by atoms with Crippen molar-refractivity contribution in [1.29, 1.82) is 5.53 Å². The van der Waals surface area contributed by atoms with Crippen LogP contribution < -0.4 is 0 Å². The minimum Gasteiger partial charge on any atom is -0.493 e. The molecule has 0 spiro atoms. The Bertz CT molecular complexity index is 520. The number of aromatic hydroxyl groups is 1. The van der Waals surface area contributed by atoms with E-state index in [0.717, 1.165) is 0 Å². The van der Waals surface area contributed by atoms with Gasteiger partial charge in [0.25, 0.3) is 0 Å². The van der Waals surface area contributed by atoms with Gasteiger partial charge in [0.15, 0.2) is 5.69 Å². The summed E-state index contributed by atoms with van der Waals surface area (Å²) >= 11 is 5.75. The summed E-state index contributed by atoms with van der Waals surface area (Å²) in [5.41, 5.74) is 7.68. The second kappa shape index (κ2) is 2.95. The predicted molar refractivity (Wildman–Crippen MR) is 52.2 cm³/mol. The minimum atomic E-state index is -0.0789. The zero-order chi connectivity index (χ0) is 10.3. The summed E-state index contributed by atoms with van der Waals surface area (Å²) in [6.45, 7) is 0. The molecule has 0 aliphatic heterocycles. The predicted octanol–water partition coefficient (Wildman–Crippen LogP) is 2.59. The number of nitrogens with zero attached hydrogens (tertiary/aromatic N) is 3. The van der Waals surface area contributed by atoms with Gasteiger partial charge in [-0.1, -0.05) is 11.6 Å². The van der Waals surface area contributed by atoms with Gasteiger partial charge in [0.05, 0.1) is 10.4 Å². The van der Waals surface area contributed by atoms with Crippen LogP contribution in [0.2, 0.25) is 5.02 Å². The normalized spacial score (nSPS) is 10.7. The number of pyridine rings is 1. The van der Waals surface area contributed by atoms with Crippen molar-refractivity contribution in [2.75, 3.05) is 0 Å². The van der Waals surface area contributed by atoms with Crippen molar-refractivity contribution < 1.29 is 5.11 Å². The number of hydrogen-bond acceptors (Lipinski definition) is 4. The van der Waals surface area contributed by atoms with Crippen LogP contribution in [0.3, 0.4) is 0 Å². The number of fused-ring (bicyclic) bond motifs is 1. The first-order chi connectivity index (χ1) is 6.65. The maximum absolute atomic E-state index is 9.58. The third kappa shape index (κ3) is 1.06. The van der Waals surface area contributed by atoms with Crippen molar-refractivity contribution in [3.8, 4) is 5.88 Å². The van der Waals surface area contributed by atoms with E-state index in [4.69, 9.17) is 17.1 Å². The fourth-order valence-electron chi connectivity index (χ4n) is 1.36. The van der Waals surface area contributed by atoms with Crippen LogP contribution in [0.25, 0.3) is 11.0 Å². The number of aryl methyl sites for hydroxylation is 1. The van der Waals surface area contributed by atoms with Gasteiger partial charge in [0.2, 0.25) is 5.88 Å². The van der Waals surface area contributed by atoms with Crippen molar-refractivity contribution in [3.63, 3.8) is 0 Å².